The molecule has 2 rings (SSSR count). The number of oxime groups is 1. The summed E-state index contributed by atoms with van der Waals surface area (Å²) in [5, 5.41) is 11.4. The minimum absolute atomic E-state index is 0.0671. The van der Waals surface area contributed by atoms with Crippen LogP contribution in [-0.2, 0) is 0 Å². The molecule has 1 aromatic carbocycles. The molecule has 0 spiro atoms. The number of hydrogen-bond acceptors (Lipinski definition) is 3. The van der Waals surface area contributed by atoms with Crippen LogP contribution in [0.15, 0.2) is 27.8 Å². The van der Waals surface area contributed by atoms with Crippen molar-refractivity contribution in [1.29, 1.82) is 0 Å². The number of nitrogens with zero attached hydrogens (tertiary/aromatic N) is 1. The summed E-state index contributed by atoms with van der Waals surface area (Å²) in [7, 11) is 0. The highest BCUT2D eigenvalue weighted by atomic mass is 79.9. The van der Waals surface area contributed by atoms with Gasteiger partial charge in [-0.05, 0) is 18.2 Å². The van der Waals surface area contributed by atoms with Gasteiger partial charge in [-0.2, -0.15) is 0 Å². The predicted octanol–water partition coefficient (Wildman–Crippen LogP) is 2.39. The first-order chi connectivity index (χ1) is 6.31. The van der Waals surface area contributed by atoms with Crippen molar-refractivity contribution < 1.29 is 9.94 Å². The van der Waals surface area contributed by atoms with Crippen LogP contribution in [0.4, 0.5) is 0 Å². The zero-order valence-electron chi connectivity index (χ0n) is 6.77. The maximum absolute atomic E-state index is 8.42. The average Bonchev–Trinajstić information content (AvgIpc) is 2.49. The van der Waals surface area contributed by atoms with Gasteiger partial charge in [0.15, 0.2) is 0 Å². The summed E-state index contributed by atoms with van der Waals surface area (Å²) in [5.74, 6) is 0.936. The third-order valence-electron chi connectivity index (χ3n) is 2.04. The van der Waals surface area contributed by atoms with Crippen LogP contribution in [0.2, 0.25) is 0 Å². The van der Waals surface area contributed by atoms with Gasteiger partial charge >= 0.3 is 0 Å². The van der Waals surface area contributed by atoms with Crippen LogP contribution in [0, 0.1) is 0 Å². The molecule has 0 fully saturated rings. The molecule has 13 heavy (non-hydrogen) atoms. The van der Waals surface area contributed by atoms with Crippen molar-refractivity contribution in [3.63, 3.8) is 0 Å². The van der Waals surface area contributed by atoms with Gasteiger partial charge in [-0.15, -0.1) is 5.16 Å². The van der Waals surface area contributed by atoms with E-state index in [-0.39, 0.29) is 5.92 Å². The van der Waals surface area contributed by atoms with Gasteiger partial charge in [-0.1, -0.05) is 15.9 Å². The molecule has 1 aromatic rings. The molecule has 0 aromatic heterocycles. The van der Waals surface area contributed by atoms with E-state index in [9.17, 15) is 0 Å². The van der Waals surface area contributed by atoms with Crippen molar-refractivity contribution in [3.8, 4) is 5.75 Å². The molecule has 0 radical (unpaired) electrons. The van der Waals surface area contributed by atoms with E-state index in [0.29, 0.717) is 6.61 Å². The fraction of sp³-hybridized carbons (Fsp3) is 0.222. The van der Waals surface area contributed by atoms with Crippen molar-refractivity contribution in [2.24, 2.45) is 5.16 Å². The average molecular weight is 242 g/mol. The SMILES string of the molecule is ON=CC1COc2ccc(Br)cc21. The van der Waals surface area contributed by atoms with Gasteiger partial charge in [-0.25, -0.2) is 0 Å². The Morgan fingerprint density at radius 1 is 1.62 bits per heavy atom. The summed E-state index contributed by atoms with van der Waals surface area (Å²) in [4.78, 5) is 0. The summed E-state index contributed by atoms with van der Waals surface area (Å²) >= 11 is 3.38. The predicted molar refractivity (Wildman–Crippen MR) is 52.7 cm³/mol. The number of fused-ring (bicyclic) bond motifs is 1. The molecule has 1 aliphatic heterocycles. The lowest BCUT2D eigenvalue weighted by molar-refractivity contribution is 0.314. The van der Waals surface area contributed by atoms with Crippen molar-refractivity contribution in [2.45, 2.75) is 5.92 Å². The Balaban J connectivity index is 2.40. The minimum Gasteiger partial charge on any atom is -0.492 e. The zero-order chi connectivity index (χ0) is 9.26. The highest BCUT2D eigenvalue weighted by molar-refractivity contribution is 9.10. The molecule has 1 aliphatic rings. The summed E-state index contributed by atoms with van der Waals surface area (Å²) in [6.45, 7) is 0.551. The molecular formula is C9H8BrNO2. The number of benzene rings is 1. The van der Waals surface area contributed by atoms with E-state index in [1.807, 2.05) is 18.2 Å². The van der Waals surface area contributed by atoms with E-state index in [2.05, 4.69) is 21.1 Å². The normalized spacial score (nSPS) is 20.2. The third kappa shape index (κ3) is 1.54. The number of hydrogen-bond donors (Lipinski definition) is 1. The van der Waals surface area contributed by atoms with Crippen LogP contribution in [0.1, 0.15) is 11.5 Å². The highest BCUT2D eigenvalue weighted by Gasteiger charge is 2.22. The summed E-state index contributed by atoms with van der Waals surface area (Å²) in [6.07, 6.45) is 1.48. The smallest absolute Gasteiger partial charge is 0.123 e. The second kappa shape index (κ2) is 3.38. The van der Waals surface area contributed by atoms with Crippen LogP contribution in [0.3, 0.4) is 0 Å². The Morgan fingerprint density at radius 3 is 3.23 bits per heavy atom. The van der Waals surface area contributed by atoms with Crippen LogP contribution < -0.4 is 4.74 Å². The third-order valence-corrected chi connectivity index (χ3v) is 2.53. The molecule has 1 N–H and O–H groups in total. The Morgan fingerprint density at radius 2 is 2.46 bits per heavy atom. The van der Waals surface area contributed by atoms with Gasteiger partial charge < -0.3 is 9.94 Å². The van der Waals surface area contributed by atoms with E-state index >= 15 is 0 Å². The van der Waals surface area contributed by atoms with Gasteiger partial charge in [-0.3, -0.25) is 0 Å². The summed E-state index contributed by atoms with van der Waals surface area (Å²) in [5.41, 5.74) is 1.06. The molecule has 0 aliphatic carbocycles. The highest BCUT2D eigenvalue weighted by Crippen LogP contribution is 2.34. The van der Waals surface area contributed by atoms with Crippen molar-refractivity contribution in [1.82, 2.24) is 0 Å². The zero-order valence-corrected chi connectivity index (χ0v) is 8.36. The van der Waals surface area contributed by atoms with Crippen LogP contribution in [0.5, 0.6) is 5.75 Å². The fourth-order valence-electron chi connectivity index (χ4n) is 1.41. The second-order valence-corrected chi connectivity index (χ2v) is 3.78. The quantitative estimate of drug-likeness (QED) is 0.466. The lowest BCUT2D eigenvalue weighted by Gasteiger charge is -2.00. The molecule has 68 valence electrons. The van der Waals surface area contributed by atoms with Crippen LogP contribution in [0.25, 0.3) is 0 Å². The first kappa shape index (κ1) is 8.56. The van der Waals surface area contributed by atoms with Gasteiger partial charge in [0.2, 0.25) is 0 Å². The topological polar surface area (TPSA) is 41.8 Å². The Kier molecular flexibility index (Phi) is 2.22. The van der Waals surface area contributed by atoms with Crippen LogP contribution >= 0.6 is 15.9 Å². The molecule has 0 saturated carbocycles. The number of ether oxygens (including phenoxy) is 1. The maximum atomic E-state index is 8.42. The molecule has 1 atom stereocenters. The monoisotopic (exact) mass is 241 g/mol. The molecule has 0 saturated heterocycles. The Hall–Kier alpha value is -1.03. The Labute approximate surface area is 84.1 Å². The molecule has 1 heterocycles. The number of halogens is 1. The molecule has 4 heteroatoms. The van der Waals surface area contributed by atoms with E-state index in [4.69, 9.17) is 9.94 Å². The lowest BCUT2D eigenvalue weighted by Crippen LogP contribution is -2.01. The second-order valence-electron chi connectivity index (χ2n) is 2.86. The van der Waals surface area contributed by atoms with Gasteiger partial charge in [0.25, 0.3) is 0 Å². The molecule has 1 unspecified atom stereocenters. The summed E-state index contributed by atoms with van der Waals surface area (Å²) < 4.78 is 6.40. The largest absolute Gasteiger partial charge is 0.492 e. The molecule has 0 amide bonds. The molecule has 3 nitrogen and oxygen atoms in total. The van der Waals surface area contributed by atoms with Crippen molar-refractivity contribution in [3.05, 3.63) is 28.2 Å². The van der Waals surface area contributed by atoms with Gasteiger partial charge in [0, 0.05) is 10.0 Å². The van der Waals surface area contributed by atoms with Crippen molar-refractivity contribution in [2.75, 3.05) is 6.61 Å². The fourth-order valence-corrected chi connectivity index (χ4v) is 1.79. The van der Waals surface area contributed by atoms with Gasteiger partial charge in [0.1, 0.15) is 12.4 Å². The Bertz CT molecular complexity index is 351. The minimum atomic E-state index is 0.0671. The van der Waals surface area contributed by atoms with E-state index < -0.39 is 0 Å². The summed E-state index contributed by atoms with van der Waals surface area (Å²) in [6, 6.07) is 5.82. The van der Waals surface area contributed by atoms with Crippen molar-refractivity contribution >= 4 is 22.1 Å². The van der Waals surface area contributed by atoms with E-state index in [0.717, 1.165) is 15.8 Å². The molecular weight excluding hydrogens is 234 g/mol. The van der Waals surface area contributed by atoms with E-state index in [1.165, 1.54) is 6.21 Å². The maximum Gasteiger partial charge on any atom is 0.123 e. The molecule has 0 bridgehead atoms. The van der Waals surface area contributed by atoms with Crippen LogP contribution in [-0.4, -0.2) is 18.0 Å². The van der Waals surface area contributed by atoms with Gasteiger partial charge in [0.05, 0.1) is 12.1 Å². The van der Waals surface area contributed by atoms with E-state index in [1.54, 1.807) is 0 Å². The number of rotatable bonds is 1. The first-order valence-electron chi connectivity index (χ1n) is 3.91. The lowest BCUT2D eigenvalue weighted by atomic mass is 10.0. The standard InChI is InChI=1S/C9H8BrNO2/c10-7-1-2-9-8(3-7)6(4-11-12)5-13-9/h1-4,6,12H,5H2. The first-order valence-corrected chi connectivity index (χ1v) is 4.70.